The Morgan fingerprint density at radius 2 is 1.96 bits per heavy atom. The Balaban J connectivity index is 1.62. The zero-order valence-corrected chi connectivity index (χ0v) is 13.6. The van der Waals surface area contributed by atoms with E-state index < -0.39 is 0 Å². The third-order valence-corrected chi connectivity index (χ3v) is 3.55. The van der Waals surface area contributed by atoms with Gasteiger partial charge in [-0.1, -0.05) is 24.3 Å². The highest BCUT2D eigenvalue weighted by molar-refractivity contribution is 5.94. The van der Waals surface area contributed by atoms with E-state index in [0.29, 0.717) is 17.9 Å². The molecule has 25 heavy (non-hydrogen) atoms. The maximum Gasteiger partial charge on any atom is 0.251 e. The number of para-hydroxylation sites is 1. The van der Waals surface area contributed by atoms with Crippen molar-refractivity contribution in [1.29, 1.82) is 0 Å². The van der Waals surface area contributed by atoms with Gasteiger partial charge in [0.1, 0.15) is 18.1 Å². The fourth-order valence-electron chi connectivity index (χ4n) is 2.32. The molecule has 0 aliphatic rings. The highest BCUT2D eigenvalue weighted by Crippen LogP contribution is 2.15. The number of nitrogens with one attached hydrogen (secondary N) is 1. The van der Waals surface area contributed by atoms with Gasteiger partial charge < -0.3 is 15.2 Å². The molecule has 128 valence electrons. The van der Waals surface area contributed by atoms with Crippen molar-refractivity contribution < 1.29 is 14.6 Å². The molecule has 0 radical (unpaired) electrons. The number of carbonyl (C=O) groups excluding carboxylic acids is 1. The van der Waals surface area contributed by atoms with E-state index in [0.717, 1.165) is 11.4 Å². The molecular formula is C19H19N3O3. The summed E-state index contributed by atoms with van der Waals surface area (Å²) >= 11 is 0. The molecule has 1 heterocycles. The highest BCUT2D eigenvalue weighted by atomic mass is 16.5. The van der Waals surface area contributed by atoms with Crippen LogP contribution in [0.1, 0.15) is 16.1 Å². The molecule has 0 spiro atoms. The van der Waals surface area contributed by atoms with Crippen molar-refractivity contribution in [3.05, 3.63) is 78.1 Å². The minimum atomic E-state index is -0.243. The van der Waals surface area contributed by atoms with Gasteiger partial charge in [0, 0.05) is 18.3 Å². The predicted octanol–water partition coefficient (Wildman–Crippen LogP) is 2.17. The summed E-state index contributed by atoms with van der Waals surface area (Å²) in [6, 6.07) is 18.6. The summed E-state index contributed by atoms with van der Waals surface area (Å²) < 4.78 is 7.52. The van der Waals surface area contributed by atoms with E-state index in [1.54, 1.807) is 28.9 Å². The van der Waals surface area contributed by atoms with Crippen molar-refractivity contribution in [3.63, 3.8) is 0 Å². The topological polar surface area (TPSA) is 76.4 Å². The summed E-state index contributed by atoms with van der Waals surface area (Å²) in [5, 5.41) is 15.9. The first kappa shape index (κ1) is 16.7. The molecule has 0 atom stereocenters. The van der Waals surface area contributed by atoms with Crippen LogP contribution in [0.15, 0.2) is 66.9 Å². The second-order valence-corrected chi connectivity index (χ2v) is 5.38. The highest BCUT2D eigenvalue weighted by Gasteiger charge is 2.07. The molecule has 3 rings (SSSR count). The quantitative estimate of drug-likeness (QED) is 0.693. The summed E-state index contributed by atoms with van der Waals surface area (Å²) in [6.45, 7) is 0.439. The minimum Gasteiger partial charge on any atom is -0.487 e. The van der Waals surface area contributed by atoms with Crippen LogP contribution in [0.4, 0.5) is 0 Å². The summed E-state index contributed by atoms with van der Waals surface area (Å²) in [5.41, 5.74) is 2.26. The smallest absolute Gasteiger partial charge is 0.251 e. The summed E-state index contributed by atoms with van der Waals surface area (Å²) in [5.74, 6) is 0.346. The molecule has 0 aliphatic heterocycles. The predicted molar refractivity (Wildman–Crippen MR) is 93.8 cm³/mol. The lowest BCUT2D eigenvalue weighted by molar-refractivity contribution is 0.0944. The largest absolute Gasteiger partial charge is 0.487 e. The number of benzene rings is 2. The van der Waals surface area contributed by atoms with Gasteiger partial charge in [0.25, 0.3) is 5.91 Å². The summed E-state index contributed by atoms with van der Waals surface area (Å²) in [6.07, 6.45) is 1.88. The summed E-state index contributed by atoms with van der Waals surface area (Å²) in [4.78, 5) is 11.9. The number of hydrogen-bond acceptors (Lipinski definition) is 4. The molecule has 0 aliphatic carbocycles. The van der Waals surface area contributed by atoms with Crippen LogP contribution >= 0.6 is 0 Å². The molecule has 6 heteroatoms. The van der Waals surface area contributed by atoms with Crippen LogP contribution in [-0.2, 0) is 6.61 Å². The second-order valence-electron chi connectivity index (χ2n) is 5.38. The zero-order chi connectivity index (χ0) is 17.5. The average molecular weight is 337 g/mol. The molecule has 1 amide bonds. The van der Waals surface area contributed by atoms with E-state index in [2.05, 4.69) is 10.4 Å². The van der Waals surface area contributed by atoms with Crippen molar-refractivity contribution >= 4 is 5.91 Å². The SMILES string of the molecule is O=C(NCCO)c1cccc(OCc2ccn(-c3ccccc3)n2)c1. The molecule has 0 unspecified atom stereocenters. The van der Waals surface area contributed by atoms with Gasteiger partial charge in [-0.2, -0.15) is 5.10 Å². The molecule has 0 fully saturated rings. The van der Waals surface area contributed by atoms with Crippen molar-refractivity contribution in [2.24, 2.45) is 0 Å². The number of rotatable bonds is 7. The molecule has 6 nitrogen and oxygen atoms in total. The molecular weight excluding hydrogens is 318 g/mol. The van der Waals surface area contributed by atoms with E-state index >= 15 is 0 Å². The minimum absolute atomic E-state index is 0.0913. The molecule has 2 N–H and O–H groups in total. The lowest BCUT2D eigenvalue weighted by atomic mass is 10.2. The Bertz CT molecular complexity index is 831. The van der Waals surface area contributed by atoms with Crippen LogP contribution in [0, 0.1) is 0 Å². The molecule has 0 saturated heterocycles. The third kappa shape index (κ3) is 4.45. The number of aromatic nitrogens is 2. The maximum absolute atomic E-state index is 11.9. The summed E-state index contributed by atoms with van der Waals surface area (Å²) in [7, 11) is 0. The van der Waals surface area contributed by atoms with E-state index in [9.17, 15) is 4.79 Å². The second kappa shape index (κ2) is 8.12. The number of carbonyl (C=O) groups is 1. The van der Waals surface area contributed by atoms with Crippen LogP contribution in [0.5, 0.6) is 5.75 Å². The molecule has 3 aromatic rings. The standard InChI is InChI=1S/C19H19N3O3/c23-12-10-20-19(24)15-5-4-8-18(13-15)25-14-16-9-11-22(21-16)17-6-2-1-3-7-17/h1-9,11,13,23H,10,12,14H2,(H,20,24). The number of aliphatic hydroxyl groups is 1. The van der Waals surface area contributed by atoms with Gasteiger partial charge in [-0.15, -0.1) is 0 Å². The van der Waals surface area contributed by atoms with E-state index in [1.807, 2.05) is 42.6 Å². The first-order valence-electron chi connectivity index (χ1n) is 7.98. The van der Waals surface area contributed by atoms with Crippen LogP contribution in [-0.4, -0.2) is 33.9 Å². The van der Waals surface area contributed by atoms with Gasteiger partial charge in [0.05, 0.1) is 12.3 Å². The number of hydrogen-bond donors (Lipinski definition) is 2. The van der Waals surface area contributed by atoms with E-state index in [1.165, 1.54) is 0 Å². The normalized spacial score (nSPS) is 10.4. The number of aliphatic hydroxyl groups excluding tert-OH is 1. The first-order valence-corrected chi connectivity index (χ1v) is 7.98. The van der Waals surface area contributed by atoms with Gasteiger partial charge in [-0.3, -0.25) is 4.79 Å². The van der Waals surface area contributed by atoms with Crippen molar-refractivity contribution in [2.75, 3.05) is 13.2 Å². The van der Waals surface area contributed by atoms with Crippen molar-refractivity contribution in [1.82, 2.24) is 15.1 Å². The third-order valence-electron chi connectivity index (χ3n) is 3.55. The Kier molecular flexibility index (Phi) is 5.43. The van der Waals surface area contributed by atoms with Crippen LogP contribution < -0.4 is 10.1 Å². The van der Waals surface area contributed by atoms with Gasteiger partial charge in [-0.25, -0.2) is 4.68 Å². The Hall–Kier alpha value is -3.12. The van der Waals surface area contributed by atoms with Gasteiger partial charge >= 0.3 is 0 Å². The Morgan fingerprint density at radius 1 is 1.12 bits per heavy atom. The Morgan fingerprint density at radius 3 is 2.76 bits per heavy atom. The monoisotopic (exact) mass is 337 g/mol. The lowest BCUT2D eigenvalue weighted by Crippen LogP contribution is -2.26. The van der Waals surface area contributed by atoms with Crippen molar-refractivity contribution in [3.8, 4) is 11.4 Å². The Labute approximate surface area is 145 Å². The fourth-order valence-corrected chi connectivity index (χ4v) is 2.32. The van der Waals surface area contributed by atoms with Crippen LogP contribution in [0.25, 0.3) is 5.69 Å². The van der Waals surface area contributed by atoms with Crippen molar-refractivity contribution in [2.45, 2.75) is 6.61 Å². The fraction of sp³-hybridized carbons (Fsp3) is 0.158. The van der Waals surface area contributed by atoms with Crippen LogP contribution in [0.2, 0.25) is 0 Å². The maximum atomic E-state index is 11.9. The lowest BCUT2D eigenvalue weighted by Gasteiger charge is -2.07. The molecule has 1 aromatic heterocycles. The van der Waals surface area contributed by atoms with Gasteiger partial charge in [0.15, 0.2) is 0 Å². The van der Waals surface area contributed by atoms with E-state index in [4.69, 9.17) is 9.84 Å². The van der Waals surface area contributed by atoms with Gasteiger partial charge in [-0.05, 0) is 36.4 Å². The van der Waals surface area contributed by atoms with Gasteiger partial charge in [0.2, 0.25) is 0 Å². The molecule has 0 saturated carbocycles. The zero-order valence-electron chi connectivity index (χ0n) is 13.6. The first-order chi connectivity index (χ1) is 12.3. The average Bonchev–Trinajstić information content (AvgIpc) is 3.14. The van der Waals surface area contributed by atoms with E-state index in [-0.39, 0.29) is 19.1 Å². The number of nitrogens with zero attached hydrogens (tertiary/aromatic N) is 2. The number of amides is 1. The van der Waals surface area contributed by atoms with Crippen LogP contribution in [0.3, 0.4) is 0 Å². The molecule has 0 bridgehead atoms. The molecule has 2 aromatic carbocycles. The number of ether oxygens (including phenoxy) is 1.